The number of aliphatic imine (C=N–C) groups is 1. The predicted octanol–water partition coefficient (Wildman–Crippen LogP) is 6.19. The van der Waals surface area contributed by atoms with Crippen LogP contribution in [0.2, 0.25) is 5.02 Å². The summed E-state index contributed by atoms with van der Waals surface area (Å²) in [4.78, 5) is 21.7. The van der Waals surface area contributed by atoms with Gasteiger partial charge in [-0.2, -0.15) is 0 Å². The van der Waals surface area contributed by atoms with E-state index < -0.39 is 11.6 Å². The molecule has 2 N–H and O–H groups in total. The van der Waals surface area contributed by atoms with Gasteiger partial charge in [-0.25, -0.2) is 4.99 Å². The van der Waals surface area contributed by atoms with Gasteiger partial charge in [0.25, 0.3) is 5.91 Å². The summed E-state index contributed by atoms with van der Waals surface area (Å²) in [6.45, 7) is 4.50. The highest BCUT2D eigenvalue weighted by molar-refractivity contribution is 6.31. The molecule has 0 spiro atoms. The average molecular weight is 546 g/mol. The van der Waals surface area contributed by atoms with Crippen LogP contribution >= 0.6 is 11.6 Å². The van der Waals surface area contributed by atoms with Gasteiger partial charge >= 0.3 is 0 Å². The Kier molecular flexibility index (Phi) is 9.22. The second kappa shape index (κ2) is 13.0. The number of amides is 1. The molecule has 0 bridgehead atoms. The SMILES string of the molecule is C=CC[C@@]1(C(=O)NCc2ccccc2Cl)N=C(c2ccc(OCCCO)cc2)O[C@@H]1c1ccccc1N=[N+]=[N-]. The number of azide groups is 1. The van der Waals surface area contributed by atoms with Gasteiger partial charge in [-0.15, -0.1) is 6.58 Å². The van der Waals surface area contributed by atoms with Crippen molar-refractivity contribution < 1.29 is 19.4 Å². The zero-order valence-electron chi connectivity index (χ0n) is 21.2. The Labute approximate surface area is 231 Å². The molecular formula is C29H28ClN5O4. The van der Waals surface area contributed by atoms with Gasteiger partial charge in [-0.05, 0) is 41.4 Å². The zero-order valence-corrected chi connectivity index (χ0v) is 21.9. The number of nitrogens with zero attached hydrogens (tertiary/aromatic N) is 4. The van der Waals surface area contributed by atoms with Crippen LogP contribution in [0.5, 0.6) is 5.75 Å². The molecule has 2 atom stereocenters. The quantitative estimate of drug-likeness (QED) is 0.0923. The Bertz CT molecular complexity index is 1400. The first kappa shape index (κ1) is 27.7. The lowest BCUT2D eigenvalue weighted by Crippen LogP contribution is -2.47. The molecule has 10 heteroatoms. The molecule has 1 aliphatic rings. The minimum Gasteiger partial charge on any atom is -0.494 e. The maximum atomic E-state index is 13.9. The molecule has 0 saturated heterocycles. The van der Waals surface area contributed by atoms with Crippen LogP contribution in [0, 0.1) is 0 Å². The van der Waals surface area contributed by atoms with E-state index in [2.05, 4.69) is 21.9 Å². The van der Waals surface area contributed by atoms with Gasteiger partial charge < -0.3 is 19.9 Å². The first-order chi connectivity index (χ1) is 19.0. The van der Waals surface area contributed by atoms with Gasteiger partial charge in [0.05, 0.1) is 6.61 Å². The maximum absolute atomic E-state index is 13.9. The molecule has 39 heavy (non-hydrogen) atoms. The summed E-state index contributed by atoms with van der Waals surface area (Å²) in [5, 5.41) is 16.3. The van der Waals surface area contributed by atoms with E-state index >= 15 is 0 Å². The topological polar surface area (TPSA) is 129 Å². The number of carbonyl (C=O) groups excluding carboxylic acids is 1. The second-order valence-corrected chi connectivity index (χ2v) is 9.21. The first-order valence-corrected chi connectivity index (χ1v) is 12.8. The molecule has 0 radical (unpaired) electrons. The fourth-order valence-corrected chi connectivity index (χ4v) is 4.53. The normalized spacial score (nSPS) is 17.9. The zero-order chi connectivity index (χ0) is 27.7. The van der Waals surface area contributed by atoms with Gasteiger partial charge in [-0.3, -0.25) is 4.79 Å². The molecule has 3 aromatic rings. The van der Waals surface area contributed by atoms with E-state index in [4.69, 9.17) is 36.7 Å². The van der Waals surface area contributed by atoms with Crippen LogP contribution in [0.15, 0.2) is 95.6 Å². The number of benzene rings is 3. The summed E-state index contributed by atoms with van der Waals surface area (Å²) in [7, 11) is 0. The van der Waals surface area contributed by atoms with E-state index in [1.807, 2.05) is 18.2 Å². The molecule has 1 heterocycles. The molecule has 0 saturated carbocycles. The van der Waals surface area contributed by atoms with Gasteiger partial charge in [-0.1, -0.05) is 65.3 Å². The Morgan fingerprint density at radius 1 is 1.21 bits per heavy atom. The minimum absolute atomic E-state index is 0.0470. The lowest BCUT2D eigenvalue weighted by Gasteiger charge is -2.30. The summed E-state index contributed by atoms with van der Waals surface area (Å²) in [5.74, 6) is 0.500. The molecule has 3 aromatic carbocycles. The average Bonchev–Trinajstić information content (AvgIpc) is 3.34. The van der Waals surface area contributed by atoms with E-state index in [9.17, 15) is 4.79 Å². The molecule has 0 fully saturated rings. The van der Waals surface area contributed by atoms with Crippen molar-refractivity contribution in [1.29, 1.82) is 0 Å². The molecule has 0 unspecified atom stereocenters. The fraction of sp³-hybridized carbons (Fsp3) is 0.241. The van der Waals surface area contributed by atoms with Crippen LogP contribution in [0.1, 0.15) is 35.6 Å². The van der Waals surface area contributed by atoms with E-state index in [1.165, 1.54) is 0 Å². The Morgan fingerprint density at radius 2 is 1.95 bits per heavy atom. The van der Waals surface area contributed by atoms with Crippen molar-refractivity contribution in [3.8, 4) is 5.75 Å². The highest BCUT2D eigenvalue weighted by Crippen LogP contribution is 2.45. The largest absolute Gasteiger partial charge is 0.494 e. The lowest BCUT2D eigenvalue weighted by atomic mass is 9.83. The second-order valence-electron chi connectivity index (χ2n) is 8.80. The molecule has 0 aromatic heterocycles. The van der Waals surface area contributed by atoms with Crippen molar-refractivity contribution in [2.45, 2.75) is 31.0 Å². The van der Waals surface area contributed by atoms with Crippen molar-refractivity contribution >= 4 is 29.1 Å². The number of hydrogen-bond donors (Lipinski definition) is 2. The fourth-order valence-electron chi connectivity index (χ4n) is 4.33. The predicted molar refractivity (Wildman–Crippen MR) is 150 cm³/mol. The molecule has 200 valence electrons. The number of rotatable bonds is 12. The molecule has 9 nitrogen and oxygen atoms in total. The van der Waals surface area contributed by atoms with Crippen LogP contribution in [0.4, 0.5) is 5.69 Å². The lowest BCUT2D eigenvalue weighted by molar-refractivity contribution is -0.129. The van der Waals surface area contributed by atoms with E-state index in [-0.39, 0.29) is 31.4 Å². The maximum Gasteiger partial charge on any atom is 0.252 e. The number of aliphatic hydroxyl groups is 1. The molecular weight excluding hydrogens is 518 g/mol. The number of nitrogens with one attached hydrogen (secondary N) is 1. The van der Waals surface area contributed by atoms with Gasteiger partial charge in [0.2, 0.25) is 5.90 Å². The third-order valence-corrected chi connectivity index (χ3v) is 6.62. The van der Waals surface area contributed by atoms with Gasteiger partial charge in [0.1, 0.15) is 5.75 Å². The van der Waals surface area contributed by atoms with Crippen molar-refractivity contribution in [1.82, 2.24) is 5.32 Å². The molecule has 4 rings (SSSR count). The Hall–Kier alpha value is -4.30. The van der Waals surface area contributed by atoms with Crippen molar-refractivity contribution in [3.05, 3.63) is 118 Å². The summed E-state index contributed by atoms with van der Waals surface area (Å²) in [6.07, 6.45) is 1.39. The minimum atomic E-state index is -1.43. The van der Waals surface area contributed by atoms with E-state index in [1.54, 1.807) is 60.7 Å². The van der Waals surface area contributed by atoms with E-state index in [0.29, 0.717) is 40.6 Å². The number of hydrogen-bond acceptors (Lipinski definition) is 6. The third-order valence-electron chi connectivity index (χ3n) is 6.25. The van der Waals surface area contributed by atoms with Crippen LogP contribution in [0.25, 0.3) is 10.4 Å². The smallest absolute Gasteiger partial charge is 0.252 e. The molecule has 1 amide bonds. The van der Waals surface area contributed by atoms with Crippen molar-refractivity contribution in [2.24, 2.45) is 10.1 Å². The number of ether oxygens (including phenoxy) is 2. The molecule has 1 aliphatic heterocycles. The number of aliphatic hydroxyl groups excluding tert-OH is 1. The molecule has 0 aliphatic carbocycles. The van der Waals surface area contributed by atoms with Crippen LogP contribution in [-0.4, -0.2) is 35.7 Å². The van der Waals surface area contributed by atoms with Crippen molar-refractivity contribution in [3.63, 3.8) is 0 Å². The van der Waals surface area contributed by atoms with E-state index in [0.717, 1.165) is 5.56 Å². The monoisotopic (exact) mass is 545 g/mol. The van der Waals surface area contributed by atoms with Crippen LogP contribution < -0.4 is 10.1 Å². The van der Waals surface area contributed by atoms with Gasteiger partial charge in [0.15, 0.2) is 11.6 Å². The summed E-state index contributed by atoms with van der Waals surface area (Å²) in [5.41, 5.74) is 9.97. The number of carbonyl (C=O) groups is 1. The Morgan fingerprint density at radius 3 is 2.67 bits per heavy atom. The van der Waals surface area contributed by atoms with Crippen molar-refractivity contribution in [2.75, 3.05) is 13.2 Å². The highest BCUT2D eigenvalue weighted by Gasteiger charge is 2.53. The van der Waals surface area contributed by atoms with Crippen LogP contribution in [-0.2, 0) is 16.1 Å². The number of halogens is 1. The Balaban J connectivity index is 1.73. The summed E-state index contributed by atoms with van der Waals surface area (Å²) >= 11 is 6.31. The standard InChI is InChI=1S/C29H28ClN5O4/c1-2-16-29(28(37)32-19-21-8-3-5-10-24(21)30)26(23-9-4-6-11-25(23)34-35-31)39-27(33-29)20-12-14-22(15-13-20)38-18-7-17-36/h2-6,8-15,26,36H,1,7,16-19H2,(H,32,37)/t26-,29-/m1/s1. The summed E-state index contributed by atoms with van der Waals surface area (Å²) < 4.78 is 12.0. The highest BCUT2D eigenvalue weighted by atomic mass is 35.5. The first-order valence-electron chi connectivity index (χ1n) is 12.4. The third kappa shape index (κ3) is 6.23. The van der Waals surface area contributed by atoms with Gasteiger partial charge in [0, 0.05) is 52.7 Å². The summed E-state index contributed by atoms with van der Waals surface area (Å²) in [6, 6.07) is 21.3. The van der Waals surface area contributed by atoms with Crippen LogP contribution in [0.3, 0.4) is 0 Å².